The van der Waals surface area contributed by atoms with Crippen LogP contribution in [-0.2, 0) is 0 Å². The van der Waals surface area contributed by atoms with Crippen LogP contribution in [0, 0.1) is 0 Å². The Balaban J connectivity index is 1.67. The van der Waals surface area contributed by atoms with Gasteiger partial charge in [-0.1, -0.05) is 12.1 Å². The van der Waals surface area contributed by atoms with Gasteiger partial charge in [-0.3, -0.25) is 9.78 Å². The minimum Gasteiger partial charge on any atom is -0.371 e. The number of pyridine rings is 1. The van der Waals surface area contributed by atoms with Crippen LogP contribution in [0.4, 0.5) is 0 Å². The van der Waals surface area contributed by atoms with Gasteiger partial charge < -0.3 is 9.51 Å². The van der Waals surface area contributed by atoms with Crippen molar-refractivity contribution in [3.63, 3.8) is 0 Å². The molecule has 0 saturated carbocycles. The Labute approximate surface area is 141 Å². The van der Waals surface area contributed by atoms with Crippen LogP contribution in [0.15, 0.2) is 76.3 Å². The maximum Gasteiger partial charge on any atom is 0.295 e. The van der Waals surface area contributed by atoms with Crippen LogP contribution in [0.2, 0.25) is 0 Å². The Kier molecular flexibility index (Phi) is 2.84. The van der Waals surface area contributed by atoms with Crippen LogP contribution in [0.1, 0.15) is 0 Å². The summed E-state index contributed by atoms with van der Waals surface area (Å²) in [4.78, 5) is 24.5. The number of aromatic nitrogens is 4. The Morgan fingerprint density at radius 2 is 1.96 bits per heavy atom. The van der Waals surface area contributed by atoms with Crippen molar-refractivity contribution < 1.29 is 4.52 Å². The van der Waals surface area contributed by atoms with E-state index in [9.17, 15) is 4.79 Å². The molecular formula is C19H12N4O2. The van der Waals surface area contributed by atoms with Crippen LogP contribution in [0.5, 0.6) is 0 Å². The van der Waals surface area contributed by atoms with Crippen molar-refractivity contribution in [2.24, 2.45) is 0 Å². The van der Waals surface area contributed by atoms with Gasteiger partial charge in [0.25, 0.3) is 5.56 Å². The van der Waals surface area contributed by atoms with Crippen molar-refractivity contribution in [1.29, 1.82) is 0 Å². The standard InChI is InChI=1S/C19H12N4O2/c24-19-14-5-1-2-6-17(14)25-23(19)13-7-8-15-16(10-13)22-18(21-15)12-4-3-9-20-11-12/h1-11H,(H,21,22). The molecule has 25 heavy (non-hydrogen) atoms. The van der Waals surface area contributed by atoms with Gasteiger partial charge in [-0.05, 0) is 42.5 Å². The number of H-pyrrole nitrogens is 1. The van der Waals surface area contributed by atoms with E-state index < -0.39 is 0 Å². The van der Waals surface area contributed by atoms with E-state index in [0.29, 0.717) is 16.7 Å². The van der Waals surface area contributed by atoms with Gasteiger partial charge in [0.2, 0.25) is 0 Å². The number of hydrogen-bond donors (Lipinski definition) is 1. The van der Waals surface area contributed by atoms with E-state index in [4.69, 9.17) is 4.52 Å². The SMILES string of the molecule is O=c1c2ccccc2on1-c1ccc2nc(-c3cccnc3)[nH]c2c1. The van der Waals surface area contributed by atoms with Gasteiger partial charge in [0.05, 0.1) is 22.1 Å². The molecule has 5 rings (SSSR count). The molecule has 0 unspecified atom stereocenters. The molecular weight excluding hydrogens is 316 g/mol. The molecule has 5 aromatic rings. The molecule has 0 saturated heterocycles. The zero-order chi connectivity index (χ0) is 16.8. The van der Waals surface area contributed by atoms with E-state index in [2.05, 4.69) is 15.0 Å². The lowest BCUT2D eigenvalue weighted by Crippen LogP contribution is -2.11. The summed E-state index contributed by atoms with van der Waals surface area (Å²) >= 11 is 0. The summed E-state index contributed by atoms with van der Waals surface area (Å²) in [5.41, 5.74) is 3.57. The number of benzene rings is 2. The van der Waals surface area contributed by atoms with Crippen molar-refractivity contribution in [3.05, 3.63) is 77.3 Å². The molecule has 2 aromatic carbocycles. The summed E-state index contributed by atoms with van der Waals surface area (Å²) in [6, 6.07) is 16.5. The number of aromatic amines is 1. The maximum atomic E-state index is 12.5. The fourth-order valence-electron chi connectivity index (χ4n) is 2.91. The summed E-state index contributed by atoms with van der Waals surface area (Å²) in [7, 11) is 0. The summed E-state index contributed by atoms with van der Waals surface area (Å²) in [6.45, 7) is 0. The summed E-state index contributed by atoms with van der Waals surface area (Å²) in [5.74, 6) is 0.734. The highest BCUT2D eigenvalue weighted by Gasteiger charge is 2.12. The molecule has 1 N–H and O–H groups in total. The van der Waals surface area contributed by atoms with E-state index in [1.807, 2.05) is 42.5 Å². The minimum atomic E-state index is -0.179. The molecule has 0 amide bonds. The molecule has 0 aliphatic carbocycles. The van der Waals surface area contributed by atoms with Gasteiger partial charge in [0.15, 0.2) is 5.58 Å². The van der Waals surface area contributed by atoms with Gasteiger partial charge >= 0.3 is 0 Å². The van der Waals surface area contributed by atoms with E-state index in [1.165, 1.54) is 4.74 Å². The number of hydrogen-bond acceptors (Lipinski definition) is 4. The van der Waals surface area contributed by atoms with Gasteiger partial charge in [-0.15, -0.1) is 4.74 Å². The third kappa shape index (κ3) is 2.15. The number of rotatable bonds is 2. The molecule has 0 spiro atoms. The fraction of sp³-hybridized carbons (Fsp3) is 0. The number of nitrogens with zero attached hydrogens (tertiary/aromatic N) is 3. The molecule has 3 heterocycles. The molecule has 0 aliphatic heterocycles. The van der Waals surface area contributed by atoms with Crippen molar-refractivity contribution in [2.75, 3.05) is 0 Å². The second kappa shape index (κ2) is 5.17. The monoisotopic (exact) mass is 328 g/mol. The lowest BCUT2D eigenvalue weighted by atomic mass is 10.2. The van der Waals surface area contributed by atoms with Gasteiger partial charge in [0.1, 0.15) is 5.82 Å². The molecule has 0 fully saturated rings. The smallest absolute Gasteiger partial charge is 0.295 e. The second-order valence-electron chi connectivity index (χ2n) is 5.72. The third-order valence-electron chi connectivity index (χ3n) is 4.13. The first kappa shape index (κ1) is 13.7. The number of imidazole rings is 1. The average molecular weight is 328 g/mol. The minimum absolute atomic E-state index is 0.179. The molecule has 0 aliphatic rings. The molecule has 6 nitrogen and oxygen atoms in total. The Bertz CT molecular complexity index is 1270. The van der Waals surface area contributed by atoms with Crippen molar-refractivity contribution >= 4 is 22.0 Å². The van der Waals surface area contributed by atoms with Crippen molar-refractivity contribution in [2.45, 2.75) is 0 Å². The number of nitrogens with one attached hydrogen (secondary N) is 1. The normalized spacial score (nSPS) is 11.4. The lowest BCUT2D eigenvalue weighted by molar-refractivity contribution is 0.368. The second-order valence-corrected chi connectivity index (χ2v) is 5.72. The van der Waals surface area contributed by atoms with Gasteiger partial charge in [-0.2, -0.15) is 0 Å². The summed E-state index contributed by atoms with van der Waals surface area (Å²) < 4.78 is 6.99. The van der Waals surface area contributed by atoms with E-state index in [0.717, 1.165) is 22.4 Å². The number of para-hydroxylation sites is 1. The van der Waals surface area contributed by atoms with Crippen LogP contribution >= 0.6 is 0 Å². The molecule has 120 valence electrons. The van der Waals surface area contributed by atoms with E-state index >= 15 is 0 Å². The number of fused-ring (bicyclic) bond motifs is 2. The molecule has 0 radical (unpaired) electrons. The third-order valence-corrected chi connectivity index (χ3v) is 4.13. The largest absolute Gasteiger partial charge is 0.371 e. The topological polar surface area (TPSA) is 76.7 Å². The Morgan fingerprint density at radius 3 is 2.80 bits per heavy atom. The zero-order valence-corrected chi connectivity index (χ0v) is 13.0. The first-order valence-corrected chi connectivity index (χ1v) is 7.81. The quantitative estimate of drug-likeness (QED) is 0.538. The first-order valence-electron chi connectivity index (χ1n) is 7.81. The molecule has 0 bridgehead atoms. The fourth-order valence-corrected chi connectivity index (χ4v) is 2.91. The Morgan fingerprint density at radius 1 is 1.04 bits per heavy atom. The van der Waals surface area contributed by atoms with Crippen molar-refractivity contribution in [3.8, 4) is 17.1 Å². The van der Waals surface area contributed by atoms with E-state index in [1.54, 1.807) is 24.5 Å². The molecule has 3 aromatic heterocycles. The summed E-state index contributed by atoms with van der Waals surface area (Å²) in [6.07, 6.45) is 3.47. The molecule has 0 atom stereocenters. The average Bonchev–Trinajstić information content (AvgIpc) is 3.23. The van der Waals surface area contributed by atoms with Gasteiger partial charge in [-0.25, -0.2) is 4.98 Å². The predicted molar refractivity (Wildman–Crippen MR) is 94.7 cm³/mol. The maximum absolute atomic E-state index is 12.5. The highest BCUT2D eigenvalue weighted by atomic mass is 16.5. The zero-order valence-electron chi connectivity index (χ0n) is 13.0. The Hall–Kier alpha value is -3.67. The highest BCUT2D eigenvalue weighted by molar-refractivity contribution is 5.82. The highest BCUT2D eigenvalue weighted by Crippen LogP contribution is 2.22. The van der Waals surface area contributed by atoms with Gasteiger partial charge in [0, 0.05) is 18.0 Å². The lowest BCUT2D eigenvalue weighted by Gasteiger charge is -1.98. The van der Waals surface area contributed by atoms with Crippen molar-refractivity contribution in [1.82, 2.24) is 19.7 Å². The molecule has 6 heteroatoms. The van der Waals surface area contributed by atoms with Crippen LogP contribution in [0.25, 0.3) is 39.1 Å². The van der Waals surface area contributed by atoms with E-state index in [-0.39, 0.29) is 5.56 Å². The van der Waals surface area contributed by atoms with Crippen LogP contribution in [-0.4, -0.2) is 19.7 Å². The first-order chi connectivity index (χ1) is 12.3. The summed E-state index contributed by atoms with van der Waals surface area (Å²) in [5, 5.41) is 0.559. The van der Waals surface area contributed by atoms with Crippen LogP contribution in [0.3, 0.4) is 0 Å². The predicted octanol–water partition coefficient (Wildman–Crippen LogP) is 3.52. The van der Waals surface area contributed by atoms with Crippen LogP contribution < -0.4 is 5.56 Å².